The Kier molecular flexibility index (Phi) is 5.54. The zero-order valence-electron chi connectivity index (χ0n) is 18.6. The van der Waals surface area contributed by atoms with Crippen molar-refractivity contribution in [2.75, 3.05) is 31.2 Å². The Morgan fingerprint density at radius 2 is 1.97 bits per heavy atom. The van der Waals surface area contributed by atoms with Gasteiger partial charge in [-0.05, 0) is 17.7 Å². The minimum atomic E-state index is 0.231. The van der Waals surface area contributed by atoms with E-state index < -0.39 is 0 Å². The van der Waals surface area contributed by atoms with Crippen molar-refractivity contribution >= 4 is 27.9 Å². The van der Waals surface area contributed by atoms with Gasteiger partial charge in [-0.25, -0.2) is 19.9 Å². The Morgan fingerprint density at radius 1 is 1.03 bits per heavy atom. The van der Waals surface area contributed by atoms with Gasteiger partial charge in [0.25, 0.3) is 0 Å². The van der Waals surface area contributed by atoms with Crippen LogP contribution in [0.4, 0.5) is 5.95 Å². The van der Waals surface area contributed by atoms with E-state index in [2.05, 4.69) is 60.7 Å². The predicted molar refractivity (Wildman–Crippen MR) is 130 cm³/mol. The van der Waals surface area contributed by atoms with Crippen LogP contribution >= 0.6 is 0 Å². The molecule has 0 unspecified atom stereocenters. The number of nitrogens with one attached hydrogen (secondary N) is 2. The molecular weight excluding hydrogens is 428 g/mol. The second-order valence-corrected chi connectivity index (χ2v) is 8.39. The van der Waals surface area contributed by atoms with Gasteiger partial charge in [-0.15, -0.1) is 0 Å². The number of nitrogens with zero attached hydrogens (tertiary/aromatic N) is 6. The lowest BCUT2D eigenvalue weighted by Crippen LogP contribution is -2.48. The molecule has 0 amide bonds. The van der Waals surface area contributed by atoms with Crippen LogP contribution in [-0.4, -0.2) is 62.5 Å². The molecule has 1 fully saturated rings. The van der Waals surface area contributed by atoms with E-state index in [1.165, 1.54) is 5.56 Å². The maximum Gasteiger partial charge on any atom is 0.226 e. The number of hydrogen-bond donors (Lipinski definition) is 2. The van der Waals surface area contributed by atoms with E-state index in [4.69, 9.17) is 14.7 Å². The molecule has 0 spiro atoms. The molecule has 0 radical (unpaired) electrons. The Balaban J connectivity index is 1.33. The molecule has 0 aliphatic carbocycles. The van der Waals surface area contributed by atoms with E-state index in [9.17, 15) is 0 Å². The summed E-state index contributed by atoms with van der Waals surface area (Å²) in [5, 5.41) is 12.4. The fourth-order valence-electron chi connectivity index (χ4n) is 4.34. The number of H-pyrrole nitrogens is 1. The van der Waals surface area contributed by atoms with Crippen LogP contribution in [0, 0.1) is 0 Å². The van der Waals surface area contributed by atoms with Gasteiger partial charge in [0.1, 0.15) is 6.33 Å². The number of ether oxygens (including phenoxy) is 1. The van der Waals surface area contributed by atoms with Gasteiger partial charge < -0.3 is 15.0 Å². The number of anilines is 1. The van der Waals surface area contributed by atoms with Gasteiger partial charge in [-0.1, -0.05) is 36.4 Å². The van der Waals surface area contributed by atoms with E-state index in [-0.39, 0.29) is 6.04 Å². The topological polar surface area (TPSA) is 105 Å². The van der Waals surface area contributed by atoms with Crippen LogP contribution in [0.2, 0.25) is 0 Å². The molecule has 6 rings (SSSR count). The van der Waals surface area contributed by atoms with Crippen molar-refractivity contribution in [3.63, 3.8) is 0 Å². The third kappa shape index (κ3) is 4.18. The average Bonchev–Trinajstić information content (AvgIpc) is 3.38. The molecule has 0 saturated carbocycles. The molecular formula is C25H24N8O. The zero-order valence-corrected chi connectivity index (χ0v) is 18.6. The normalized spacial score (nSPS) is 16.2. The van der Waals surface area contributed by atoms with Crippen LogP contribution in [0.5, 0.6) is 0 Å². The molecule has 34 heavy (non-hydrogen) atoms. The fraction of sp³-hybridized carbons (Fsp3) is 0.240. The summed E-state index contributed by atoms with van der Waals surface area (Å²) >= 11 is 0. The summed E-state index contributed by atoms with van der Waals surface area (Å²) in [6, 6.07) is 16.8. The number of morpholine rings is 1. The van der Waals surface area contributed by atoms with Gasteiger partial charge in [0.05, 0.1) is 36.0 Å². The SMILES string of the molecule is c1ccc(CN(C[C@@H]2COCCN2)c2ncc3cc(-c4ncnc5[nH]ncc45)ccc3n2)cc1. The van der Waals surface area contributed by atoms with Crippen molar-refractivity contribution in [3.8, 4) is 11.3 Å². The van der Waals surface area contributed by atoms with Crippen LogP contribution in [0.3, 0.4) is 0 Å². The highest BCUT2D eigenvalue weighted by molar-refractivity contribution is 5.93. The number of aromatic nitrogens is 6. The molecule has 5 aromatic rings. The Morgan fingerprint density at radius 3 is 2.85 bits per heavy atom. The van der Waals surface area contributed by atoms with E-state index in [0.29, 0.717) is 18.2 Å². The second kappa shape index (κ2) is 9.12. The summed E-state index contributed by atoms with van der Waals surface area (Å²) in [5.74, 6) is 0.704. The molecule has 3 aromatic heterocycles. The number of hydrogen-bond acceptors (Lipinski definition) is 8. The maximum absolute atomic E-state index is 5.67. The fourth-order valence-corrected chi connectivity index (χ4v) is 4.34. The first-order chi connectivity index (χ1) is 16.8. The van der Waals surface area contributed by atoms with Gasteiger partial charge in [0.15, 0.2) is 5.65 Å². The third-order valence-corrected chi connectivity index (χ3v) is 6.03. The standard InChI is InChI=1S/C25H24N8O/c1-2-4-17(5-3-1)13-33(14-20-15-34-9-8-26-20)25-27-11-19-10-18(6-7-22(19)31-25)23-21-12-30-32-24(21)29-16-28-23/h1-7,10-12,16,20,26H,8-9,13-15H2,(H,28,29,30,32)/t20-/m1/s1. The summed E-state index contributed by atoms with van der Waals surface area (Å²) < 4.78 is 5.67. The molecule has 4 heterocycles. The van der Waals surface area contributed by atoms with Gasteiger partial charge in [-0.2, -0.15) is 5.10 Å². The summed E-state index contributed by atoms with van der Waals surface area (Å²) in [5.41, 5.74) is 4.62. The lowest BCUT2D eigenvalue weighted by atomic mass is 10.1. The molecule has 1 aliphatic heterocycles. The monoisotopic (exact) mass is 452 g/mol. The van der Waals surface area contributed by atoms with Crippen molar-refractivity contribution in [1.82, 2.24) is 35.5 Å². The number of aromatic amines is 1. The lowest BCUT2D eigenvalue weighted by molar-refractivity contribution is 0.0786. The molecule has 2 aromatic carbocycles. The number of benzene rings is 2. The van der Waals surface area contributed by atoms with Crippen LogP contribution in [0.25, 0.3) is 33.2 Å². The van der Waals surface area contributed by atoms with E-state index in [0.717, 1.165) is 53.8 Å². The Bertz CT molecular complexity index is 1410. The van der Waals surface area contributed by atoms with Crippen molar-refractivity contribution < 1.29 is 4.74 Å². The van der Waals surface area contributed by atoms with Crippen LogP contribution in [0.15, 0.2) is 67.3 Å². The molecule has 9 heteroatoms. The highest BCUT2D eigenvalue weighted by Gasteiger charge is 2.20. The first kappa shape index (κ1) is 20.6. The minimum Gasteiger partial charge on any atom is -0.378 e. The molecule has 1 saturated heterocycles. The highest BCUT2D eigenvalue weighted by atomic mass is 16.5. The molecule has 2 N–H and O–H groups in total. The van der Waals surface area contributed by atoms with Gasteiger partial charge in [0, 0.05) is 42.8 Å². The Labute approximate surface area is 196 Å². The summed E-state index contributed by atoms with van der Waals surface area (Å²) in [7, 11) is 0. The van der Waals surface area contributed by atoms with Crippen molar-refractivity contribution in [2.24, 2.45) is 0 Å². The quantitative estimate of drug-likeness (QED) is 0.405. The molecule has 9 nitrogen and oxygen atoms in total. The molecule has 1 aliphatic rings. The molecule has 1 atom stereocenters. The van der Waals surface area contributed by atoms with Crippen molar-refractivity contribution in [2.45, 2.75) is 12.6 Å². The number of fused-ring (bicyclic) bond motifs is 2. The van der Waals surface area contributed by atoms with E-state index >= 15 is 0 Å². The van der Waals surface area contributed by atoms with Crippen LogP contribution < -0.4 is 10.2 Å². The number of rotatable bonds is 6. The van der Waals surface area contributed by atoms with Crippen molar-refractivity contribution in [3.05, 3.63) is 72.8 Å². The van der Waals surface area contributed by atoms with Gasteiger partial charge in [-0.3, -0.25) is 5.10 Å². The van der Waals surface area contributed by atoms with E-state index in [1.54, 1.807) is 12.5 Å². The van der Waals surface area contributed by atoms with Crippen LogP contribution in [-0.2, 0) is 11.3 Å². The van der Waals surface area contributed by atoms with Gasteiger partial charge >= 0.3 is 0 Å². The summed E-state index contributed by atoms with van der Waals surface area (Å²) in [4.78, 5) is 20.6. The summed E-state index contributed by atoms with van der Waals surface area (Å²) in [6.07, 6.45) is 5.18. The van der Waals surface area contributed by atoms with Crippen LogP contribution in [0.1, 0.15) is 5.56 Å². The average molecular weight is 453 g/mol. The zero-order chi connectivity index (χ0) is 22.7. The second-order valence-electron chi connectivity index (χ2n) is 8.39. The maximum atomic E-state index is 5.67. The highest BCUT2D eigenvalue weighted by Crippen LogP contribution is 2.27. The lowest BCUT2D eigenvalue weighted by Gasteiger charge is -2.30. The van der Waals surface area contributed by atoms with E-state index in [1.807, 2.05) is 24.4 Å². The third-order valence-electron chi connectivity index (χ3n) is 6.03. The van der Waals surface area contributed by atoms with Crippen molar-refractivity contribution in [1.29, 1.82) is 0 Å². The molecule has 0 bridgehead atoms. The minimum absolute atomic E-state index is 0.231. The largest absolute Gasteiger partial charge is 0.378 e. The first-order valence-electron chi connectivity index (χ1n) is 11.3. The first-order valence-corrected chi connectivity index (χ1v) is 11.3. The van der Waals surface area contributed by atoms with Gasteiger partial charge in [0.2, 0.25) is 5.95 Å². The Hall–Kier alpha value is -3.95. The smallest absolute Gasteiger partial charge is 0.226 e. The molecule has 170 valence electrons. The summed E-state index contributed by atoms with van der Waals surface area (Å²) in [6.45, 7) is 3.78. The predicted octanol–water partition coefficient (Wildman–Crippen LogP) is 2.96.